The van der Waals surface area contributed by atoms with Crippen LogP contribution in [0.15, 0.2) is 54.6 Å². The number of carboxylic acids is 1. The first-order chi connectivity index (χ1) is 25.3. The van der Waals surface area contributed by atoms with Crippen LogP contribution < -0.4 is 32.3 Å². The summed E-state index contributed by atoms with van der Waals surface area (Å²) in [7, 11) is 6.07. The summed E-state index contributed by atoms with van der Waals surface area (Å²) in [5.74, 6) is -5.57. The van der Waals surface area contributed by atoms with Gasteiger partial charge < -0.3 is 47.0 Å². The van der Waals surface area contributed by atoms with Crippen molar-refractivity contribution in [3.63, 3.8) is 0 Å². The number of amides is 6. The Bertz CT molecular complexity index is 1590. The highest BCUT2D eigenvalue weighted by Gasteiger charge is 2.31. The number of primary amides is 1. The molecule has 0 spiro atoms. The third-order valence-electron chi connectivity index (χ3n) is 8.44. The molecule has 296 valence electrons. The van der Waals surface area contributed by atoms with Crippen LogP contribution in [0.1, 0.15) is 72.7 Å². The fraction of sp³-hybridized carbons (Fsp3) is 0.500. The molecule has 6 amide bonds. The van der Waals surface area contributed by atoms with Crippen LogP contribution in [-0.4, -0.2) is 121 Å². The molecule has 0 heterocycles. The first kappa shape index (κ1) is 44.8. The molecule has 0 aliphatic rings. The molecular formula is C38H56N7O9+. The highest BCUT2D eigenvalue weighted by atomic mass is 16.4. The Balaban J connectivity index is 2.22. The van der Waals surface area contributed by atoms with E-state index in [0.717, 1.165) is 18.5 Å². The number of aliphatic hydroxyl groups is 1. The van der Waals surface area contributed by atoms with Gasteiger partial charge in [0.15, 0.2) is 0 Å². The van der Waals surface area contributed by atoms with Gasteiger partial charge in [-0.25, -0.2) is 4.79 Å². The predicted octanol–water partition coefficient (Wildman–Crippen LogP) is 0.0852. The fourth-order valence-electron chi connectivity index (χ4n) is 5.40. The first-order valence-electron chi connectivity index (χ1n) is 17.9. The van der Waals surface area contributed by atoms with Gasteiger partial charge in [0.2, 0.25) is 29.5 Å². The molecule has 0 fully saturated rings. The minimum atomic E-state index is -1.35. The van der Waals surface area contributed by atoms with E-state index in [1.165, 1.54) is 31.2 Å². The van der Waals surface area contributed by atoms with E-state index in [9.17, 15) is 43.8 Å². The van der Waals surface area contributed by atoms with Gasteiger partial charge in [-0.05, 0) is 68.4 Å². The van der Waals surface area contributed by atoms with Crippen molar-refractivity contribution >= 4 is 41.4 Å². The summed E-state index contributed by atoms with van der Waals surface area (Å²) >= 11 is 0. The molecule has 0 aliphatic carbocycles. The Kier molecular flexibility index (Phi) is 17.7. The van der Waals surface area contributed by atoms with Crippen LogP contribution in [0.5, 0.6) is 0 Å². The SMILES string of the molecule is CC(C)C[C@H](NC(=O)[C@H](C)NC(=O)[C@H](Cc1ccccc1)NC(=O)c1ccc(C(=O)O)cc1)C(=O)N[C@@H](CCCC[N+](C)(C)C)C(=O)N[C@@H](CO)C(N)=O. The van der Waals surface area contributed by atoms with E-state index in [1.807, 2.05) is 35.0 Å². The Hall–Kier alpha value is -5.35. The average Bonchev–Trinajstić information content (AvgIpc) is 3.10. The van der Waals surface area contributed by atoms with Crippen LogP contribution in [-0.2, 0) is 30.4 Å². The summed E-state index contributed by atoms with van der Waals surface area (Å²) in [6.07, 6.45) is 1.74. The zero-order chi connectivity index (χ0) is 40.6. The van der Waals surface area contributed by atoms with Crippen molar-refractivity contribution in [3.8, 4) is 0 Å². The van der Waals surface area contributed by atoms with Gasteiger partial charge in [0.25, 0.3) is 5.91 Å². The van der Waals surface area contributed by atoms with Gasteiger partial charge in [-0.2, -0.15) is 0 Å². The molecule has 0 aromatic heterocycles. The second-order valence-corrected chi connectivity index (χ2v) is 14.7. The van der Waals surface area contributed by atoms with Gasteiger partial charge in [0.05, 0.1) is 39.9 Å². The van der Waals surface area contributed by atoms with Gasteiger partial charge in [0.1, 0.15) is 30.2 Å². The van der Waals surface area contributed by atoms with Crippen LogP contribution in [0.25, 0.3) is 0 Å². The second kappa shape index (κ2) is 21.4. The van der Waals surface area contributed by atoms with E-state index in [0.29, 0.717) is 10.9 Å². The highest BCUT2D eigenvalue weighted by Crippen LogP contribution is 2.11. The van der Waals surface area contributed by atoms with Gasteiger partial charge in [-0.15, -0.1) is 0 Å². The number of nitrogens with one attached hydrogen (secondary N) is 5. The molecule has 5 atom stereocenters. The zero-order valence-corrected chi connectivity index (χ0v) is 31.9. The van der Waals surface area contributed by atoms with E-state index >= 15 is 0 Å². The van der Waals surface area contributed by atoms with Crippen LogP contribution in [0.4, 0.5) is 0 Å². The average molecular weight is 755 g/mol. The molecule has 2 aromatic rings. The standard InChI is InChI=1S/C38H55N7O9/c1-23(2)20-29(37(52)41-28(14-10-11-19-45(4,5)6)35(50)44-31(22-46)32(39)47)42-33(48)24(3)40-36(51)30(21-25-12-8-7-9-13-25)43-34(49)26-15-17-27(18-16-26)38(53)54/h7-9,12-13,15-18,23-24,28-31,46H,10-11,14,19-22H2,1-6H3,(H7-,39,40,41,42,43,44,47,48,49,50,51,52,53,54)/p+1/t24-,28-,29-,30-,31-/m0/s1. The molecule has 0 saturated heterocycles. The lowest BCUT2D eigenvalue weighted by Gasteiger charge is -2.27. The summed E-state index contributed by atoms with van der Waals surface area (Å²) < 4.78 is 0.691. The minimum Gasteiger partial charge on any atom is -0.478 e. The number of carboxylic acid groups (broad SMARTS) is 1. The third-order valence-corrected chi connectivity index (χ3v) is 8.44. The summed E-state index contributed by atoms with van der Waals surface area (Å²) in [5.41, 5.74) is 6.13. The van der Waals surface area contributed by atoms with Crippen molar-refractivity contribution in [3.05, 3.63) is 71.3 Å². The Morgan fingerprint density at radius 1 is 0.667 bits per heavy atom. The van der Waals surface area contributed by atoms with E-state index in [1.54, 1.807) is 30.3 Å². The van der Waals surface area contributed by atoms with E-state index in [2.05, 4.69) is 26.6 Å². The van der Waals surface area contributed by atoms with Crippen LogP contribution in [0, 0.1) is 5.92 Å². The fourth-order valence-corrected chi connectivity index (χ4v) is 5.40. The molecule has 54 heavy (non-hydrogen) atoms. The number of unbranched alkanes of at least 4 members (excludes halogenated alkanes) is 1. The summed E-state index contributed by atoms with van der Waals surface area (Å²) in [5, 5.41) is 31.7. The second-order valence-electron chi connectivity index (χ2n) is 14.7. The maximum absolute atomic E-state index is 13.7. The van der Waals surface area contributed by atoms with Crippen molar-refractivity contribution < 1.29 is 48.3 Å². The quantitative estimate of drug-likeness (QED) is 0.0599. The number of hydrogen-bond acceptors (Lipinski definition) is 8. The van der Waals surface area contributed by atoms with E-state index in [4.69, 9.17) is 5.73 Å². The van der Waals surface area contributed by atoms with Crippen LogP contribution in [0.2, 0.25) is 0 Å². The number of hydrogen-bond donors (Lipinski definition) is 8. The monoisotopic (exact) mass is 754 g/mol. The van der Waals surface area contributed by atoms with E-state index < -0.39 is 78.2 Å². The summed E-state index contributed by atoms with van der Waals surface area (Å²) in [6, 6.07) is 8.21. The number of carbonyl (C=O) groups excluding carboxylic acids is 6. The van der Waals surface area contributed by atoms with Crippen LogP contribution in [0.3, 0.4) is 0 Å². The predicted molar refractivity (Wildman–Crippen MR) is 201 cm³/mol. The number of nitrogens with two attached hydrogens (primary N) is 1. The third kappa shape index (κ3) is 15.7. The molecule has 16 heteroatoms. The molecule has 2 aromatic carbocycles. The molecule has 0 unspecified atom stereocenters. The zero-order valence-electron chi connectivity index (χ0n) is 31.9. The van der Waals surface area contributed by atoms with E-state index in [-0.39, 0.29) is 36.3 Å². The van der Waals surface area contributed by atoms with Crippen molar-refractivity contribution in [1.82, 2.24) is 26.6 Å². The lowest BCUT2D eigenvalue weighted by molar-refractivity contribution is -0.870. The normalized spacial score (nSPS) is 14.1. The number of nitrogens with zero attached hydrogens (tertiary/aromatic N) is 1. The lowest BCUT2D eigenvalue weighted by atomic mass is 10.0. The first-order valence-corrected chi connectivity index (χ1v) is 17.9. The topological polar surface area (TPSA) is 246 Å². The summed E-state index contributed by atoms with van der Waals surface area (Å²) in [4.78, 5) is 90.0. The number of carbonyl (C=O) groups is 7. The number of aliphatic hydroxyl groups excluding tert-OH is 1. The maximum atomic E-state index is 13.7. The number of rotatable bonds is 22. The lowest BCUT2D eigenvalue weighted by Crippen LogP contribution is -2.59. The summed E-state index contributed by atoms with van der Waals surface area (Å²) in [6.45, 7) is 5.18. The van der Waals surface area contributed by atoms with Crippen molar-refractivity contribution in [2.75, 3.05) is 34.3 Å². The molecule has 0 bridgehead atoms. The van der Waals surface area contributed by atoms with Crippen molar-refractivity contribution in [2.45, 2.75) is 83.1 Å². The molecule has 16 nitrogen and oxygen atoms in total. The Morgan fingerprint density at radius 2 is 1.20 bits per heavy atom. The number of aromatic carboxylic acids is 1. The molecule has 0 saturated carbocycles. The van der Waals surface area contributed by atoms with Crippen molar-refractivity contribution in [1.29, 1.82) is 0 Å². The van der Waals surface area contributed by atoms with Gasteiger partial charge in [0, 0.05) is 12.0 Å². The largest absolute Gasteiger partial charge is 0.478 e. The Morgan fingerprint density at radius 3 is 1.74 bits per heavy atom. The highest BCUT2D eigenvalue weighted by molar-refractivity contribution is 6.00. The van der Waals surface area contributed by atoms with Gasteiger partial charge in [-0.3, -0.25) is 28.8 Å². The van der Waals surface area contributed by atoms with Crippen molar-refractivity contribution in [2.24, 2.45) is 11.7 Å². The number of quaternary nitrogens is 1. The minimum absolute atomic E-state index is 0.0119. The molecule has 9 N–H and O–H groups in total. The smallest absolute Gasteiger partial charge is 0.335 e. The molecule has 0 aliphatic heterocycles. The van der Waals surface area contributed by atoms with Crippen LogP contribution >= 0.6 is 0 Å². The van der Waals surface area contributed by atoms with Gasteiger partial charge in [-0.1, -0.05) is 44.2 Å². The number of benzene rings is 2. The maximum Gasteiger partial charge on any atom is 0.335 e. The molecule has 0 radical (unpaired) electrons. The molecular weight excluding hydrogens is 698 g/mol. The van der Waals surface area contributed by atoms with Gasteiger partial charge >= 0.3 is 5.97 Å². The Labute approximate surface area is 316 Å². The molecule has 2 rings (SSSR count).